The SMILES string of the molecule is CC(C(=O)NC(C)(CN)C1CC1)N1CCC(Cc2ccccc2)CC1.Cl.Cl. The summed E-state index contributed by atoms with van der Waals surface area (Å²) in [7, 11) is 0. The zero-order valence-electron chi connectivity index (χ0n) is 16.5. The van der Waals surface area contributed by atoms with E-state index in [0.29, 0.717) is 12.5 Å². The van der Waals surface area contributed by atoms with Gasteiger partial charge in [-0.15, -0.1) is 24.8 Å². The van der Waals surface area contributed by atoms with Gasteiger partial charge in [0, 0.05) is 6.54 Å². The van der Waals surface area contributed by atoms with E-state index in [1.807, 2.05) is 6.92 Å². The monoisotopic (exact) mass is 415 g/mol. The van der Waals surface area contributed by atoms with Gasteiger partial charge in [-0.05, 0) is 76.4 Å². The number of piperidine rings is 1. The molecule has 0 spiro atoms. The number of hydrogen-bond acceptors (Lipinski definition) is 3. The van der Waals surface area contributed by atoms with E-state index in [0.717, 1.165) is 25.4 Å². The van der Waals surface area contributed by atoms with Crippen molar-refractivity contribution in [3.63, 3.8) is 0 Å². The normalized spacial score (nSPS) is 21.3. The number of nitrogens with zero attached hydrogens (tertiary/aromatic N) is 1. The number of benzene rings is 1. The number of amides is 1. The molecule has 27 heavy (non-hydrogen) atoms. The van der Waals surface area contributed by atoms with Crippen LogP contribution in [0.15, 0.2) is 30.3 Å². The summed E-state index contributed by atoms with van der Waals surface area (Å²) in [5, 5.41) is 3.25. The van der Waals surface area contributed by atoms with Gasteiger partial charge in [0.25, 0.3) is 0 Å². The van der Waals surface area contributed by atoms with Gasteiger partial charge in [0.1, 0.15) is 0 Å². The minimum absolute atomic E-state index is 0. The number of carbonyl (C=O) groups excluding carboxylic acids is 1. The van der Waals surface area contributed by atoms with Gasteiger partial charge >= 0.3 is 0 Å². The number of halogens is 2. The highest BCUT2D eigenvalue weighted by Gasteiger charge is 2.42. The van der Waals surface area contributed by atoms with E-state index in [1.54, 1.807) is 0 Å². The molecule has 1 amide bonds. The van der Waals surface area contributed by atoms with Gasteiger partial charge in [0.15, 0.2) is 0 Å². The first-order chi connectivity index (χ1) is 12.0. The maximum Gasteiger partial charge on any atom is 0.237 e. The Balaban J connectivity index is 0.00000182. The molecule has 2 unspecified atom stereocenters. The molecular weight excluding hydrogens is 381 g/mol. The number of nitrogens with one attached hydrogen (secondary N) is 1. The summed E-state index contributed by atoms with van der Waals surface area (Å²) in [6.07, 6.45) is 5.87. The number of hydrogen-bond donors (Lipinski definition) is 2. The highest BCUT2D eigenvalue weighted by Crippen LogP contribution is 2.39. The lowest BCUT2D eigenvalue weighted by Crippen LogP contribution is -2.58. The molecule has 6 heteroatoms. The van der Waals surface area contributed by atoms with E-state index in [-0.39, 0.29) is 42.3 Å². The third-order valence-corrected chi connectivity index (χ3v) is 6.25. The molecule has 1 aliphatic heterocycles. The number of likely N-dealkylation sites (tertiary alicyclic amines) is 1. The average molecular weight is 416 g/mol. The first-order valence-electron chi connectivity index (χ1n) is 9.82. The van der Waals surface area contributed by atoms with Crippen LogP contribution in [0.4, 0.5) is 0 Å². The van der Waals surface area contributed by atoms with Crippen molar-refractivity contribution in [2.45, 2.75) is 57.5 Å². The molecule has 1 aliphatic carbocycles. The quantitative estimate of drug-likeness (QED) is 0.716. The molecule has 3 rings (SSSR count). The van der Waals surface area contributed by atoms with E-state index in [4.69, 9.17) is 5.73 Å². The Labute approximate surface area is 176 Å². The fourth-order valence-electron chi connectivity index (χ4n) is 4.08. The summed E-state index contributed by atoms with van der Waals surface area (Å²) < 4.78 is 0. The Hall–Kier alpha value is -0.810. The van der Waals surface area contributed by atoms with Crippen molar-refractivity contribution in [1.29, 1.82) is 0 Å². The molecule has 1 aromatic rings. The van der Waals surface area contributed by atoms with Crippen LogP contribution in [-0.2, 0) is 11.2 Å². The smallest absolute Gasteiger partial charge is 0.237 e. The molecule has 154 valence electrons. The van der Waals surface area contributed by atoms with Crippen LogP contribution in [0.3, 0.4) is 0 Å². The zero-order chi connectivity index (χ0) is 17.9. The van der Waals surface area contributed by atoms with E-state index in [2.05, 4.69) is 47.5 Å². The van der Waals surface area contributed by atoms with Crippen molar-refractivity contribution in [2.24, 2.45) is 17.6 Å². The van der Waals surface area contributed by atoms with Crippen LogP contribution in [-0.4, -0.2) is 42.0 Å². The number of nitrogens with two attached hydrogens (primary N) is 1. The highest BCUT2D eigenvalue weighted by atomic mass is 35.5. The second kappa shape index (κ2) is 10.7. The molecule has 1 saturated heterocycles. The summed E-state index contributed by atoms with van der Waals surface area (Å²) >= 11 is 0. The fraction of sp³-hybridized carbons (Fsp3) is 0.667. The maximum atomic E-state index is 12.7. The molecule has 0 radical (unpaired) electrons. The lowest BCUT2D eigenvalue weighted by Gasteiger charge is -2.38. The zero-order valence-corrected chi connectivity index (χ0v) is 18.2. The number of carbonyl (C=O) groups is 1. The van der Waals surface area contributed by atoms with Gasteiger partial charge in [-0.3, -0.25) is 9.69 Å². The van der Waals surface area contributed by atoms with Crippen molar-refractivity contribution < 1.29 is 4.79 Å². The van der Waals surface area contributed by atoms with Gasteiger partial charge in [0.05, 0.1) is 11.6 Å². The van der Waals surface area contributed by atoms with E-state index >= 15 is 0 Å². The van der Waals surface area contributed by atoms with Crippen LogP contribution in [0.5, 0.6) is 0 Å². The Morgan fingerprint density at radius 3 is 2.30 bits per heavy atom. The molecule has 1 saturated carbocycles. The molecule has 4 nitrogen and oxygen atoms in total. The van der Waals surface area contributed by atoms with Crippen molar-refractivity contribution in [3.05, 3.63) is 35.9 Å². The van der Waals surface area contributed by atoms with Crippen LogP contribution in [0.2, 0.25) is 0 Å². The Kier molecular flexibility index (Phi) is 9.56. The van der Waals surface area contributed by atoms with Crippen LogP contribution in [0, 0.1) is 11.8 Å². The van der Waals surface area contributed by atoms with Gasteiger partial charge in [-0.2, -0.15) is 0 Å². The second-order valence-electron chi connectivity index (χ2n) is 8.23. The highest BCUT2D eigenvalue weighted by molar-refractivity contribution is 5.85. The third kappa shape index (κ3) is 6.35. The summed E-state index contributed by atoms with van der Waals surface area (Å²) in [5.74, 6) is 1.43. The van der Waals surface area contributed by atoms with E-state index < -0.39 is 0 Å². The second-order valence-corrected chi connectivity index (χ2v) is 8.23. The predicted molar refractivity (Wildman–Crippen MR) is 117 cm³/mol. The molecular formula is C21H35Cl2N3O. The molecule has 2 atom stereocenters. The predicted octanol–water partition coefficient (Wildman–Crippen LogP) is 3.42. The van der Waals surface area contributed by atoms with Crippen LogP contribution >= 0.6 is 24.8 Å². The van der Waals surface area contributed by atoms with Crippen LogP contribution in [0.25, 0.3) is 0 Å². The van der Waals surface area contributed by atoms with E-state index in [9.17, 15) is 4.79 Å². The maximum absolute atomic E-state index is 12.7. The van der Waals surface area contributed by atoms with Crippen molar-refractivity contribution in [2.75, 3.05) is 19.6 Å². The van der Waals surface area contributed by atoms with Gasteiger partial charge in [-0.1, -0.05) is 30.3 Å². The molecule has 0 bridgehead atoms. The largest absolute Gasteiger partial charge is 0.348 e. The molecule has 2 fully saturated rings. The minimum Gasteiger partial charge on any atom is -0.348 e. The molecule has 1 heterocycles. The van der Waals surface area contributed by atoms with Gasteiger partial charge < -0.3 is 11.1 Å². The summed E-state index contributed by atoms with van der Waals surface area (Å²) in [5.41, 5.74) is 7.14. The minimum atomic E-state index is -0.225. The summed E-state index contributed by atoms with van der Waals surface area (Å²) in [6, 6.07) is 10.7. The number of rotatable bonds is 7. The van der Waals surface area contributed by atoms with Crippen LogP contribution in [0.1, 0.15) is 45.1 Å². The summed E-state index contributed by atoms with van der Waals surface area (Å²) in [6.45, 7) is 6.68. The first-order valence-corrected chi connectivity index (χ1v) is 9.82. The molecule has 3 N–H and O–H groups in total. The molecule has 0 aromatic heterocycles. The fourth-order valence-corrected chi connectivity index (χ4v) is 4.08. The lowest BCUT2D eigenvalue weighted by molar-refractivity contribution is -0.128. The van der Waals surface area contributed by atoms with Crippen molar-refractivity contribution >= 4 is 30.7 Å². The Morgan fingerprint density at radius 2 is 1.78 bits per heavy atom. The van der Waals surface area contributed by atoms with Gasteiger partial charge in [0.2, 0.25) is 5.91 Å². The van der Waals surface area contributed by atoms with E-state index in [1.165, 1.54) is 31.2 Å². The topological polar surface area (TPSA) is 58.4 Å². The molecule has 2 aliphatic rings. The Morgan fingerprint density at radius 1 is 1.19 bits per heavy atom. The standard InChI is InChI=1S/C21H33N3O.2ClH/c1-16(20(25)23-21(2,15-22)19-8-9-19)24-12-10-18(11-13-24)14-17-6-4-3-5-7-17;;/h3-7,16,18-19H,8-15,22H2,1-2H3,(H,23,25);2*1H. The third-order valence-electron chi connectivity index (χ3n) is 6.25. The van der Waals surface area contributed by atoms with Crippen molar-refractivity contribution in [1.82, 2.24) is 10.2 Å². The molecule has 1 aromatic carbocycles. The van der Waals surface area contributed by atoms with Crippen molar-refractivity contribution in [3.8, 4) is 0 Å². The summed E-state index contributed by atoms with van der Waals surface area (Å²) in [4.78, 5) is 15.0. The lowest BCUT2D eigenvalue weighted by atomic mass is 9.89. The van der Waals surface area contributed by atoms with Crippen LogP contribution < -0.4 is 11.1 Å². The first kappa shape index (κ1) is 24.2. The van der Waals surface area contributed by atoms with Gasteiger partial charge in [-0.25, -0.2) is 0 Å². The Bertz CT molecular complexity index is 574. The average Bonchev–Trinajstić information content (AvgIpc) is 3.48.